The minimum atomic E-state index is -0.460. The summed E-state index contributed by atoms with van der Waals surface area (Å²) in [5.41, 5.74) is 9.70. The van der Waals surface area contributed by atoms with Gasteiger partial charge < -0.3 is 26.2 Å². The number of amides is 1. The Morgan fingerprint density at radius 1 is 0.949 bits per heavy atom. The van der Waals surface area contributed by atoms with Gasteiger partial charge in [0, 0.05) is 57.6 Å². The summed E-state index contributed by atoms with van der Waals surface area (Å²) >= 11 is 0. The molecule has 2 aliphatic heterocycles. The Morgan fingerprint density at radius 3 is 2.38 bits per heavy atom. The molecule has 0 saturated carbocycles. The van der Waals surface area contributed by atoms with E-state index in [9.17, 15) is 9.59 Å². The van der Waals surface area contributed by atoms with Crippen LogP contribution in [-0.2, 0) is 17.6 Å². The summed E-state index contributed by atoms with van der Waals surface area (Å²) in [6.45, 7) is 5.64. The third-order valence-electron chi connectivity index (χ3n) is 7.79. The van der Waals surface area contributed by atoms with Crippen LogP contribution in [0.1, 0.15) is 73.0 Å². The summed E-state index contributed by atoms with van der Waals surface area (Å²) < 4.78 is 0. The minimum absolute atomic E-state index is 0.0460. The number of nitrogens with zero attached hydrogens (tertiary/aromatic N) is 4. The maximum Gasteiger partial charge on any atom is 0.236 e. The lowest BCUT2D eigenvalue weighted by Gasteiger charge is -2.34. The van der Waals surface area contributed by atoms with E-state index in [1.54, 1.807) is 6.20 Å². The Labute approximate surface area is 232 Å². The van der Waals surface area contributed by atoms with Gasteiger partial charge in [0.05, 0.1) is 17.3 Å². The summed E-state index contributed by atoms with van der Waals surface area (Å²) in [7, 11) is 2.16. The number of piperazine rings is 1. The number of anilines is 2. The number of nitrogens with one attached hydrogen (secondary N) is 2. The highest BCUT2D eigenvalue weighted by Crippen LogP contribution is 2.20. The Hall–Kier alpha value is -3.04. The normalized spacial score (nSPS) is 20.8. The zero-order valence-corrected chi connectivity index (χ0v) is 23.5. The van der Waals surface area contributed by atoms with Crippen LogP contribution in [0.5, 0.6) is 0 Å². The second kappa shape index (κ2) is 14.9. The fraction of sp³-hybridized carbons (Fsp3) is 0.600. The predicted octanol–water partition coefficient (Wildman–Crippen LogP) is 3.19. The fourth-order valence-corrected chi connectivity index (χ4v) is 5.21. The molecule has 2 aliphatic rings. The first-order valence-corrected chi connectivity index (χ1v) is 14.7. The number of ketones is 1. The molecule has 1 aromatic carbocycles. The Kier molecular flexibility index (Phi) is 11.1. The molecule has 1 aromatic heterocycles. The number of nitrogens with two attached hydrogens (primary N) is 1. The lowest BCUT2D eigenvalue weighted by molar-refractivity contribution is -0.122. The van der Waals surface area contributed by atoms with Crippen molar-refractivity contribution in [2.45, 2.75) is 70.3 Å². The molecule has 2 bridgehead atoms. The van der Waals surface area contributed by atoms with Crippen molar-refractivity contribution in [1.29, 1.82) is 0 Å². The van der Waals surface area contributed by atoms with Crippen LogP contribution in [0, 0.1) is 0 Å². The van der Waals surface area contributed by atoms with Crippen molar-refractivity contribution in [2.75, 3.05) is 56.5 Å². The van der Waals surface area contributed by atoms with Crippen LogP contribution in [0.4, 0.5) is 11.6 Å². The van der Waals surface area contributed by atoms with Gasteiger partial charge in [-0.25, -0.2) is 9.97 Å². The maximum atomic E-state index is 13.4. The monoisotopic (exact) mass is 535 g/mol. The zero-order valence-electron chi connectivity index (χ0n) is 23.5. The van der Waals surface area contributed by atoms with Crippen molar-refractivity contribution < 1.29 is 9.59 Å². The molecule has 0 spiro atoms. The maximum absolute atomic E-state index is 13.4. The van der Waals surface area contributed by atoms with Gasteiger partial charge in [0.25, 0.3) is 0 Å². The quantitative estimate of drug-likeness (QED) is 0.511. The Morgan fingerprint density at radius 2 is 1.64 bits per heavy atom. The molecule has 2 aromatic rings. The molecule has 0 aliphatic carbocycles. The number of hydrogen-bond donors (Lipinski definition) is 3. The number of hydrogen-bond acceptors (Lipinski definition) is 8. The number of aromatic nitrogens is 2. The summed E-state index contributed by atoms with van der Waals surface area (Å²) in [5.74, 6) is 0.584. The van der Waals surface area contributed by atoms with E-state index >= 15 is 0 Å². The van der Waals surface area contributed by atoms with E-state index in [1.807, 2.05) is 0 Å². The number of likely N-dealkylation sites (N-methyl/N-ethyl adjacent to an activating group) is 1. The highest BCUT2D eigenvalue weighted by Gasteiger charge is 2.18. The summed E-state index contributed by atoms with van der Waals surface area (Å²) in [6, 6.07) is 7.93. The molecule has 0 unspecified atom stereocenters. The molecule has 212 valence electrons. The molecule has 9 nitrogen and oxygen atoms in total. The number of carbonyl (C=O) groups excluding carboxylic acids is 2. The van der Waals surface area contributed by atoms with Gasteiger partial charge in [-0.2, -0.15) is 0 Å². The van der Waals surface area contributed by atoms with Crippen LogP contribution < -0.4 is 21.3 Å². The average Bonchev–Trinajstić information content (AvgIpc) is 2.94. The molecule has 39 heavy (non-hydrogen) atoms. The Bertz CT molecular complexity index is 1070. The van der Waals surface area contributed by atoms with Crippen LogP contribution >= 0.6 is 0 Å². The first kappa shape index (κ1) is 29.0. The molecule has 1 fully saturated rings. The second-order valence-electron chi connectivity index (χ2n) is 10.9. The van der Waals surface area contributed by atoms with Crippen LogP contribution in [0.25, 0.3) is 0 Å². The minimum Gasteiger partial charge on any atom is -0.369 e. The standard InChI is InChI=1S/C30H45N7O2/c1-36-17-19-37(20-18-36)24-13-11-23(12-14-24)21-28(38)25-22-34-30-33-16-8-3-2-7-15-32-29(39)26(31)9-5-4-6-10-27(25)35-30/h11-14,22,26H,2-10,15-21,31H2,1H3,(H,32,39)(H,33,34,35)/t26-/m0/s1. The van der Waals surface area contributed by atoms with E-state index in [4.69, 9.17) is 10.7 Å². The van der Waals surface area contributed by atoms with E-state index < -0.39 is 6.04 Å². The van der Waals surface area contributed by atoms with Crippen LogP contribution in [0.2, 0.25) is 0 Å². The fourth-order valence-electron chi connectivity index (χ4n) is 5.21. The summed E-state index contributed by atoms with van der Waals surface area (Å²) in [5, 5.41) is 6.29. The van der Waals surface area contributed by atoms with Crippen molar-refractivity contribution in [3.8, 4) is 0 Å². The predicted molar refractivity (Wildman–Crippen MR) is 156 cm³/mol. The molecule has 0 radical (unpaired) electrons. The van der Waals surface area contributed by atoms with E-state index in [0.29, 0.717) is 37.3 Å². The molecule has 9 heteroatoms. The second-order valence-corrected chi connectivity index (χ2v) is 10.9. The molecule has 1 saturated heterocycles. The van der Waals surface area contributed by atoms with Gasteiger partial charge in [-0.3, -0.25) is 9.59 Å². The molecule has 4 N–H and O–H groups in total. The highest BCUT2D eigenvalue weighted by atomic mass is 16.2. The molecular weight excluding hydrogens is 490 g/mol. The molecule has 1 amide bonds. The third-order valence-corrected chi connectivity index (χ3v) is 7.79. The first-order valence-electron chi connectivity index (χ1n) is 14.7. The molecule has 1 atom stereocenters. The number of fused-ring (bicyclic) bond motifs is 2. The number of Topliss-reactive ketones (excluding diaryl/α,β-unsaturated/α-hetero) is 1. The van der Waals surface area contributed by atoms with Gasteiger partial charge in [0.1, 0.15) is 0 Å². The van der Waals surface area contributed by atoms with Crippen molar-refractivity contribution >= 4 is 23.3 Å². The topological polar surface area (TPSA) is 116 Å². The van der Waals surface area contributed by atoms with Gasteiger partial charge in [0.15, 0.2) is 5.78 Å². The smallest absolute Gasteiger partial charge is 0.236 e. The van der Waals surface area contributed by atoms with E-state index in [0.717, 1.165) is 88.9 Å². The zero-order chi connectivity index (χ0) is 27.5. The first-order chi connectivity index (χ1) is 19.0. The summed E-state index contributed by atoms with van der Waals surface area (Å²) in [4.78, 5) is 39.6. The number of benzene rings is 1. The number of carbonyl (C=O) groups is 2. The number of aryl methyl sites for hydroxylation is 1. The van der Waals surface area contributed by atoms with Gasteiger partial charge >= 0.3 is 0 Å². The van der Waals surface area contributed by atoms with Gasteiger partial charge in [-0.05, 0) is 56.8 Å². The van der Waals surface area contributed by atoms with Crippen LogP contribution in [0.15, 0.2) is 30.5 Å². The Balaban J connectivity index is 1.40. The van der Waals surface area contributed by atoms with Crippen molar-refractivity contribution in [1.82, 2.24) is 20.2 Å². The molecule has 3 heterocycles. The highest BCUT2D eigenvalue weighted by molar-refractivity contribution is 5.98. The SMILES string of the molecule is CN1CCN(c2ccc(CC(=O)c3cnc4nc3CCCCC[C@H](N)C(=O)NCCCCCCN4)cc2)CC1. The van der Waals surface area contributed by atoms with E-state index in [2.05, 4.69) is 56.7 Å². The summed E-state index contributed by atoms with van der Waals surface area (Å²) in [6.07, 6.45) is 10.1. The molecular formula is C30H45N7O2. The third kappa shape index (κ3) is 9.00. The van der Waals surface area contributed by atoms with Crippen molar-refractivity contribution in [2.24, 2.45) is 5.73 Å². The largest absolute Gasteiger partial charge is 0.369 e. The number of rotatable bonds is 4. The van der Waals surface area contributed by atoms with Crippen LogP contribution in [0.3, 0.4) is 0 Å². The lowest BCUT2D eigenvalue weighted by Crippen LogP contribution is -2.44. The van der Waals surface area contributed by atoms with Gasteiger partial charge in [-0.15, -0.1) is 0 Å². The van der Waals surface area contributed by atoms with E-state index in [-0.39, 0.29) is 11.7 Å². The average molecular weight is 536 g/mol. The van der Waals surface area contributed by atoms with Crippen LogP contribution in [-0.4, -0.2) is 78.9 Å². The van der Waals surface area contributed by atoms with E-state index in [1.165, 1.54) is 5.69 Å². The van der Waals surface area contributed by atoms with Crippen molar-refractivity contribution in [3.05, 3.63) is 47.3 Å². The van der Waals surface area contributed by atoms with Gasteiger partial charge in [-0.1, -0.05) is 37.8 Å². The lowest BCUT2D eigenvalue weighted by atomic mass is 9.99. The van der Waals surface area contributed by atoms with Gasteiger partial charge in [0.2, 0.25) is 11.9 Å². The molecule has 4 rings (SSSR count). The van der Waals surface area contributed by atoms with Crippen molar-refractivity contribution in [3.63, 3.8) is 0 Å².